The summed E-state index contributed by atoms with van der Waals surface area (Å²) in [7, 11) is 0. The van der Waals surface area contributed by atoms with Crippen molar-refractivity contribution in [2.75, 3.05) is 6.54 Å². The second-order valence-corrected chi connectivity index (χ2v) is 4.85. The highest BCUT2D eigenvalue weighted by atomic mass is 32.2. The number of nitrogens with two attached hydrogens (primary N) is 1. The predicted molar refractivity (Wildman–Crippen MR) is 58.2 cm³/mol. The summed E-state index contributed by atoms with van der Waals surface area (Å²) in [5.74, 6) is -1.19. The van der Waals surface area contributed by atoms with Crippen molar-refractivity contribution in [1.82, 2.24) is 0 Å². The van der Waals surface area contributed by atoms with E-state index in [9.17, 15) is 8.78 Å². The van der Waals surface area contributed by atoms with Crippen LogP contribution in [0.4, 0.5) is 8.78 Å². The maximum absolute atomic E-state index is 12.1. The average molecular weight is 229 g/mol. The van der Waals surface area contributed by atoms with Gasteiger partial charge in [-0.15, -0.1) is 0 Å². The van der Waals surface area contributed by atoms with Crippen molar-refractivity contribution in [2.45, 2.75) is 23.0 Å². The van der Waals surface area contributed by atoms with Crippen LogP contribution in [0.25, 0.3) is 0 Å². The summed E-state index contributed by atoms with van der Waals surface area (Å²) >= 11 is 0.588. The molecule has 82 valence electrons. The lowest BCUT2D eigenvalue weighted by Crippen LogP contribution is -2.01. The lowest BCUT2D eigenvalue weighted by Gasteiger charge is -2.02. The van der Waals surface area contributed by atoms with E-state index in [4.69, 9.17) is 5.73 Å². The Morgan fingerprint density at radius 1 is 1.33 bits per heavy atom. The fraction of sp³-hybridized carbons (Fsp3) is 0.455. The van der Waals surface area contributed by atoms with Gasteiger partial charge < -0.3 is 5.73 Å². The minimum atomic E-state index is -2.34. The third kappa shape index (κ3) is 2.69. The maximum Gasteiger partial charge on any atom is 0.288 e. The van der Waals surface area contributed by atoms with Gasteiger partial charge in [-0.3, -0.25) is 0 Å². The molecule has 0 amide bonds. The smallest absolute Gasteiger partial charge is 0.288 e. The monoisotopic (exact) mass is 229 g/mol. The second kappa shape index (κ2) is 4.49. The van der Waals surface area contributed by atoms with E-state index in [0.717, 1.165) is 13.0 Å². The average Bonchev–Trinajstić information content (AvgIpc) is 2.97. The first kappa shape index (κ1) is 10.9. The Hall–Kier alpha value is -0.610. The molecule has 0 radical (unpaired) electrons. The summed E-state index contributed by atoms with van der Waals surface area (Å²) in [6, 6.07) is 7.40. The number of alkyl halides is 2. The molecule has 0 bridgehead atoms. The molecule has 1 saturated carbocycles. The molecule has 0 saturated heterocycles. The number of benzene rings is 1. The highest BCUT2D eigenvalue weighted by molar-refractivity contribution is 7.99. The molecule has 1 nitrogen and oxygen atoms in total. The van der Waals surface area contributed by atoms with Gasteiger partial charge in [0.15, 0.2) is 0 Å². The standard InChI is InChI=1S/C11H13F2NS/c12-11(13)15-9-3-1-7(2-4-9)10-5-8(10)6-14/h1-4,8,10-11H,5-6,14H2/t8-,10-/m0/s1. The van der Waals surface area contributed by atoms with Crippen LogP contribution >= 0.6 is 11.8 Å². The topological polar surface area (TPSA) is 26.0 Å². The number of hydrogen-bond acceptors (Lipinski definition) is 2. The molecule has 2 rings (SSSR count). The van der Waals surface area contributed by atoms with Gasteiger partial charge in [-0.2, -0.15) is 8.78 Å². The molecule has 0 heterocycles. The highest BCUT2D eigenvalue weighted by Gasteiger charge is 2.36. The molecule has 1 aliphatic rings. The first-order valence-electron chi connectivity index (χ1n) is 4.95. The molecule has 1 aromatic carbocycles. The van der Waals surface area contributed by atoms with E-state index in [2.05, 4.69) is 0 Å². The van der Waals surface area contributed by atoms with E-state index in [0.29, 0.717) is 28.5 Å². The molecule has 0 aromatic heterocycles. The molecule has 0 unspecified atom stereocenters. The van der Waals surface area contributed by atoms with Crippen LogP contribution in [0.5, 0.6) is 0 Å². The lowest BCUT2D eigenvalue weighted by molar-refractivity contribution is 0.252. The summed E-state index contributed by atoms with van der Waals surface area (Å²) in [4.78, 5) is 0.624. The molecule has 1 aliphatic carbocycles. The Morgan fingerprint density at radius 3 is 2.47 bits per heavy atom. The van der Waals surface area contributed by atoms with E-state index in [1.807, 2.05) is 12.1 Å². The van der Waals surface area contributed by atoms with Crippen molar-refractivity contribution >= 4 is 11.8 Å². The highest BCUT2D eigenvalue weighted by Crippen LogP contribution is 2.46. The Kier molecular flexibility index (Phi) is 3.26. The SMILES string of the molecule is NC[C@@H]1C[C@H]1c1ccc(SC(F)F)cc1. The first-order valence-corrected chi connectivity index (χ1v) is 5.83. The van der Waals surface area contributed by atoms with E-state index in [-0.39, 0.29) is 0 Å². The molecule has 0 spiro atoms. The van der Waals surface area contributed by atoms with Gasteiger partial charge in [-0.1, -0.05) is 23.9 Å². The number of halogens is 2. The van der Waals surface area contributed by atoms with Gasteiger partial charge in [-0.05, 0) is 42.5 Å². The van der Waals surface area contributed by atoms with E-state index >= 15 is 0 Å². The van der Waals surface area contributed by atoms with Crippen LogP contribution in [-0.4, -0.2) is 12.3 Å². The van der Waals surface area contributed by atoms with Crippen molar-refractivity contribution in [3.63, 3.8) is 0 Å². The van der Waals surface area contributed by atoms with E-state index in [1.165, 1.54) is 5.56 Å². The fourth-order valence-electron chi connectivity index (χ4n) is 1.81. The van der Waals surface area contributed by atoms with Gasteiger partial charge in [0.25, 0.3) is 5.76 Å². The maximum atomic E-state index is 12.1. The van der Waals surface area contributed by atoms with Gasteiger partial charge in [-0.25, -0.2) is 0 Å². The zero-order valence-electron chi connectivity index (χ0n) is 8.20. The van der Waals surface area contributed by atoms with Gasteiger partial charge in [0, 0.05) is 4.90 Å². The van der Waals surface area contributed by atoms with Gasteiger partial charge >= 0.3 is 0 Å². The van der Waals surface area contributed by atoms with Crippen LogP contribution in [0, 0.1) is 5.92 Å². The molecule has 2 N–H and O–H groups in total. The Balaban J connectivity index is 1.99. The number of hydrogen-bond donors (Lipinski definition) is 1. The third-order valence-corrected chi connectivity index (χ3v) is 3.48. The summed E-state index contributed by atoms with van der Waals surface area (Å²) in [5, 5.41) is 0. The van der Waals surface area contributed by atoms with Crippen molar-refractivity contribution in [3.05, 3.63) is 29.8 Å². The van der Waals surface area contributed by atoms with Crippen LogP contribution in [-0.2, 0) is 0 Å². The quantitative estimate of drug-likeness (QED) is 0.803. The summed E-state index contributed by atoms with van der Waals surface area (Å²) in [5.41, 5.74) is 6.78. The van der Waals surface area contributed by atoms with Crippen LogP contribution in [0.3, 0.4) is 0 Å². The molecule has 1 aromatic rings. The Labute approximate surface area is 92.0 Å². The zero-order chi connectivity index (χ0) is 10.8. The molecular formula is C11H13F2NS. The molecule has 0 aliphatic heterocycles. The van der Waals surface area contributed by atoms with Crippen molar-refractivity contribution in [1.29, 1.82) is 0 Å². The van der Waals surface area contributed by atoms with Crippen LogP contribution in [0.1, 0.15) is 17.9 Å². The van der Waals surface area contributed by atoms with Crippen molar-refractivity contribution in [2.24, 2.45) is 11.7 Å². The van der Waals surface area contributed by atoms with Gasteiger partial charge in [0.1, 0.15) is 0 Å². The van der Waals surface area contributed by atoms with Gasteiger partial charge in [0.2, 0.25) is 0 Å². The van der Waals surface area contributed by atoms with Crippen molar-refractivity contribution < 1.29 is 8.78 Å². The number of thioether (sulfide) groups is 1. The Bertz CT molecular complexity index is 326. The minimum Gasteiger partial charge on any atom is -0.330 e. The van der Waals surface area contributed by atoms with Crippen LogP contribution < -0.4 is 5.73 Å². The second-order valence-electron chi connectivity index (χ2n) is 3.79. The number of rotatable bonds is 4. The summed E-state index contributed by atoms with van der Waals surface area (Å²) in [6.45, 7) is 0.720. The normalized spacial score (nSPS) is 24.5. The molecule has 4 heteroatoms. The fourth-order valence-corrected chi connectivity index (χ4v) is 2.31. The van der Waals surface area contributed by atoms with Crippen LogP contribution in [0.2, 0.25) is 0 Å². The molecule has 1 fully saturated rings. The lowest BCUT2D eigenvalue weighted by atomic mass is 10.1. The van der Waals surface area contributed by atoms with Crippen molar-refractivity contribution in [3.8, 4) is 0 Å². The zero-order valence-corrected chi connectivity index (χ0v) is 9.01. The molecule has 15 heavy (non-hydrogen) atoms. The molecular weight excluding hydrogens is 216 g/mol. The minimum absolute atomic E-state index is 0.556. The third-order valence-electron chi connectivity index (χ3n) is 2.76. The molecule has 2 atom stereocenters. The van der Waals surface area contributed by atoms with E-state index in [1.54, 1.807) is 12.1 Å². The summed E-state index contributed by atoms with van der Waals surface area (Å²) < 4.78 is 24.1. The summed E-state index contributed by atoms with van der Waals surface area (Å²) in [6.07, 6.45) is 1.14. The van der Waals surface area contributed by atoms with Gasteiger partial charge in [0.05, 0.1) is 0 Å². The van der Waals surface area contributed by atoms with Crippen LogP contribution in [0.15, 0.2) is 29.2 Å². The first-order chi connectivity index (χ1) is 7.20. The predicted octanol–water partition coefficient (Wildman–Crippen LogP) is 3.06. The largest absolute Gasteiger partial charge is 0.330 e. The van der Waals surface area contributed by atoms with E-state index < -0.39 is 5.76 Å². The Morgan fingerprint density at radius 2 is 2.00 bits per heavy atom.